The fraction of sp³-hybridized carbons (Fsp3) is 0.227. The van der Waals surface area contributed by atoms with Crippen LogP contribution in [-0.2, 0) is 9.53 Å². The summed E-state index contributed by atoms with van der Waals surface area (Å²) in [6.07, 6.45) is 0. The first-order valence-corrected chi connectivity index (χ1v) is 9.95. The van der Waals surface area contributed by atoms with E-state index in [9.17, 15) is 24.5 Å². The average molecular weight is 460 g/mol. The number of para-hydroxylation sites is 1. The number of likely N-dealkylation sites (N-methyl/N-ethyl adjacent to an activating group) is 1. The first-order valence-electron chi connectivity index (χ1n) is 9.57. The number of nitro groups is 1. The minimum atomic E-state index is -0.796. The van der Waals surface area contributed by atoms with Crippen molar-refractivity contribution in [1.29, 1.82) is 0 Å². The third-order valence-electron chi connectivity index (χ3n) is 4.33. The van der Waals surface area contributed by atoms with Gasteiger partial charge in [0.2, 0.25) is 0 Å². The number of nitrogens with one attached hydrogen (secondary N) is 1. The third-order valence-corrected chi connectivity index (χ3v) is 4.64. The van der Waals surface area contributed by atoms with Crippen molar-refractivity contribution in [3.8, 4) is 0 Å². The van der Waals surface area contributed by atoms with E-state index in [1.165, 1.54) is 23.1 Å². The monoisotopic (exact) mass is 459 g/mol. The van der Waals surface area contributed by atoms with Crippen molar-refractivity contribution in [3.05, 3.63) is 80.9 Å². The lowest BCUT2D eigenvalue weighted by Gasteiger charge is -2.20. The van der Waals surface area contributed by atoms with E-state index in [0.29, 0.717) is 13.1 Å². The summed E-state index contributed by atoms with van der Waals surface area (Å²) in [5.41, 5.74) is 0.708. The molecule has 0 saturated heterocycles. The van der Waals surface area contributed by atoms with Gasteiger partial charge < -0.3 is 15.0 Å². The molecule has 168 valence electrons. The molecule has 0 saturated carbocycles. The van der Waals surface area contributed by atoms with Gasteiger partial charge in [0.1, 0.15) is 0 Å². The number of carbonyl (C=O) groups is 3. The molecule has 10 heteroatoms. The SMILES string of the molecule is C=C(C)CN(CC)C(=O)COC(=O)c1ccccc1NC(=O)c1ccc([N+](=O)[O-])cc1Cl. The van der Waals surface area contributed by atoms with Gasteiger partial charge in [0, 0.05) is 25.2 Å². The second-order valence-electron chi connectivity index (χ2n) is 6.86. The lowest BCUT2D eigenvalue weighted by Crippen LogP contribution is -2.35. The van der Waals surface area contributed by atoms with Crippen molar-refractivity contribution in [1.82, 2.24) is 4.90 Å². The van der Waals surface area contributed by atoms with Crippen molar-refractivity contribution in [2.75, 3.05) is 25.0 Å². The van der Waals surface area contributed by atoms with E-state index in [1.54, 1.807) is 26.0 Å². The van der Waals surface area contributed by atoms with E-state index in [2.05, 4.69) is 11.9 Å². The number of anilines is 1. The second kappa shape index (κ2) is 11.1. The van der Waals surface area contributed by atoms with Crippen molar-refractivity contribution in [2.24, 2.45) is 0 Å². The molecule has 0 aromatic heterocycles. The van der Waals surface area contributed by atoms with Crippen LogP contribution in [0.4, 0.5) is 11.4 Å². The highest BCUT2D eigenvalue weighted by Crippen LogP contribution is 2.24. The molecule has 2 aromatic rings. The maximum absolute atomic E-state index is 12.6. The fourth-order valence-corrected chi connectivity index (χ4v) is 3.02. The highest BCUT2D eigenvalue weighted by atomic mass is 35.5. The Hall–Kier alpha value is -3.72. The number of nitrogens with zero attached hydrogens (tertiary/aromatic N) is 2. The molecule has 32 heavy (non-hydrogen) atoms. The van der Waals surface area contributed by atoms with Crippen LogP contribution >= 0.6 is 11.6 Å². The van der Waals surface area contributed by atoms with Gasteiger partial charge in [0.05, 0.1) is 26.8 Å². The Balaban J connectivity index is 2.13. The van der Waals surface area contributed by atoms with E-state index in [1.807, 2.05) is 0 Å². The quantitative estimate of drug-likeness (QED) is 0.261. The molecule has 9 nitrogen and oxygen atoms in total. The Labute approximate surface area is 189 Å². The van der Waals surface area contributed by atoms with Gasteiger partial charge in [-0.15, -0.1) is 0 Å². The number of esters is 1. The second-order valence-corrected chi connectivity index (χ2v) is 7.27. The highest BCUT2D eigenvalue weighted by Gasteiger charge is 2.20. The summed E-state index contributed by atoms with van der Waals surface area (Å²) in [5, 5.41) is 13.3. The average Bonchev–Trinajstić information content (AvgIpc) is 2.75. The summed E-state index contributed by atoms with van der Waals surface area (Å²) in [4.78, 5) is 49.1. The Morgan fingerprint density at radius 2 is 1.88 bits per heavy atom. The molecule has 2 rings (SSSR count). The molecular formula is C22H22ClN3O6. The highest BCUT2D eigenvalue weighted by molar-refractivity contribution is 6.34. The molecule has 2 aromatic carbocycles. The largest absolute Gasteiger partial charge is 0.452 e. The molecule has 0 aliphatic carbocycles. The van der Waals surface area contributed by atoms with E-state index in [0.717, 1.165) is 17.7 Å². The van der Waals surface area contributed by atoms with Gasteiger partial charge in [-0.1, -0.05) is 35.9 Å². The molecule has 0 fully saturated rings. The van der Waals surface area contributed by atoms with Gasteiger partial charge in [-0.3, -0.25) is 19.7 Å². The van der Waals surface area contributed by atoms with Crippen molar-refractivity contribution in [3.63, 3.8) is 0 Å². The van der Waals surface area contributed by atoms with Crippen LogP contribution in [0.25, 0.3) is 0 Å². The minimum absolute atomic E-state index is 0.00556. The first kappa shape index (κ1) is 24.5. The van der Waals surface area contributed by atoms with Crippen LogP contribution in [0.1, 0.15) is 34.6 Å². The van der Waals surface area contributed by atoms with Crippen LogP contribution < -0.4 is 5.32 Å². The Bertz CT molecular complexity index is 1070. The lowest BCUT2D eigenvalue weighted by molar-refractivity contribution is -0.384. The normalized spacial score (nSPS) is 10.2. The number of rotatable bonds is 9. The standard InChI is InChI=1S/C22H22ClN3O6/c1-4-25(12-14(2)3)20(27)13-32-22(29)17-7-5-6-8-19(17)24-21(28)16-10-9-15(26(30)31)11-18(16)23/h5-11H,2,4,12-13H2,1,3H3,(H,24,28). The number of non-ortho nitro benzene ring substituents is 1. The summed E-state index contributed by atoms with van der Waals surface area (Å²) < 4.78 is 5.14. The number of nitro benzene ring substituents is 1. The number of hydrogen-bond donors (Lipinski definition) is 1. The van der Waals surface area contributed by atoms with Gasteiger partial charge in [0.25, 0.3) is 17.5 Å². The van der Waals surface area contributed by atoms with Crippen molar-refractivity contribution in [2.45, 2.75) is 13.8 Å². The maximum Gasteiger partial charge on any atom is 0.340 e. The van der Waals surface area contributed by atoms with Gasteiger partial charge in [-0.05, 0) is 32.0 Å². The van der Waals surface area contributed by atoms with Crippen molar-refractivity contribution < 1.29 is 24.0 Å². The fourth-order valence-electron chi connectivity index (χ4n) is 2.76. The first-order chi connectivity index (χ1) is 15.1. The lowest BCUT2D eigenvalue weighted by atomic mass is 10.1. The molecule has 0 spiro atoms. The number of benzene rings is 2. The molecule has 1 N–H and O–H groups in total. The van der Waals surface area contributed by atoms with Crippen LogP contribution in [0.5, 0.6) is 0 Å². The summed E-state index contributed by atoms with van der Waals surface area (Å²) in [6, 6.07) is 9.52. The smallest absolute Gasteiger partial charge is 0.340 e. The minimum Gasteiger partial charge on any atom is -0.452 e. The molecule has 0 aliphatic heterocycles. The number of carbonyl (C=O) groups excluding carboxylic acids is 3. The van der Waals surface area contributed by atoms with Gasteiger partial charge in [-0.25, -0.2) is 4.79 Å². The molecule has 0 radical (unpaired) electrons. The number of ether oxygens (including phenoxy) is 1. The third kappa shape index (κ3) is 6.39. The Morgan fingerprint density at radius 1 is 1.19 bits per heavy atom. The Kier molecular flexibility index (Phi) is 8.48. The maximum atomic E-state index is 12.6. The van der Waals surface area contributed by atoms with Gasteiger partial charge in [-0.2, -0.15) is 0 Å². The van der Waals surface area contributed by atoms with Gasteiger partial charge in [0.15, 0.2) is 6.61 Å². The molecule has 0 atom stereocenters. The predicted molar refractivity (Wildman–Crippen MR) is 120 cm³/mol. The van der Waals surface area contributed by atoms with E-state index >= 15 is 0 Å². The topological polar surface area (TPSA) is 119 Å². The zero-order chi connectivity index (χ0) is 23.8. The number of amides is 2. The van der Waals surface area contributed by atoms with Crippen LogP contribution in [0.2, 0.25) is 5.02 Å². The summed E-state index contributed by atoms with van der Waals surface area (Å²) in [6.45, 7) is 7.69. The molecule has 0 bridgehead atoms. The molecule has 2 amide bonds. The molecule has 0 aliphatic rings. The Morgan fingerprint density at radius 3 is 2.47 bits per heavy atom. The van der Waals surface area contributed by atoms with E-state index < -0.39 is 23.4 Å². The summed E-state index contributed by atoms with van der Waals surface area (Å²) in [7, 11) is 0. The van der Waals surface area contributed by atoms with Crippen LogP contribution in [-0.4, -0.2) is 47.3 Å². The zero-order valence-electron chi connectivity index (χ0n) is 17.6. The molecule has 0 heterocycles. The summed E-state index contributed by atoms with van der Waals surface area (Å²) >= 11 is 6.00. The molecular weight excluding hydrogens is 438 g/mol. The van der Waals surface area contributed by atoms with Crippen LogP contribution in [0, 0.1) is 10.1 Å². The number of hydrogen-bond acceptors (Lipinski definition) is 6. The van der Waals surface area contributed by atoms with Crippen LogP contribution in [0.3, 0.4) is 0 Å². The summed E-state index contributed by atoms with van der Waals surface area (Å²) in [5.74, 6) is -1.83. The van der Waals surface area contributed by atoms with E-state index in [4.69, 9.17) is 16.3 Å². The zero-order valence-corrected chi connectivity index (χ0v) is 18.3. The van der Waals surface area contributed by atoms with E-state index in [-0.39, 0.29) is 33.4 Å². The number of halogens is 1. The predicted octanol–water partition coefficient (Wildman–Crippen LogP) is 4.08. The van der Waals surface area contributed by atoms with Gasteiger partial charge >= 0.3 is 5.97 Å². The molecule has 0 unspecified atom stereocenters. The van der Waals surface area contributed by atoms with Crippen LogP contribution in [0.15, 0.2) is 54.6 Å². The van der Waals surface area contributed by atoms with Crippen molar-refractivity contribution >= 4 is 40.8 Å².